The monoisotopic (exact) mass is 506 g/mol. The predicted molar refractivity (Wildman–Crippen MR) is 130 cm³/mol. The first-order chi connectivity index (χ1) is 13.6. The molecule has 1 heterocycles. The molecule has 2 N–H and O–H groups in total. The Kier molecular flexibility index (Phi) is 8.95. The molecule has 29 heavy (non-hydrogen) atoms. The summed E-state index contributed by atoms with van der Waals surface area (Å²) in [5.74, 6) is 1.11. The maximum Gasteiger partial charge on any atom is 0.242 e. The van der Waals surface area contributed by atoms with Crippen LogP contribution in [0.1, 0.15) is 35.1 Å². The summed E-state index contributed by atoms with van der Waals surface area (Å²) in [6, 6.07) is 16.9. The van der Waals surface area contributed by atoms with Crippen LogP contribution in [0.2, 0.25) is 0 Å². The number of aryl methyl sites for hydroxylation is 1. The van der Waals surface area contributed by atoms with Gasteiger partial charge in [-0.25, -0.2) is 0 Å². The van der Waals surface area contributed by atoms with Crippen molar-refractivity contribution < 1.29 is 4.79 Å². The number of benzene rings is 2. The van der Waals surface area contributed by atoms with E-state index < -0.39 is 0 Å². The zero-order chi connectivity index (χ0) is 19.9. The van der Waals surface area contributed by atoms with E-state index in [9.17, 15) is 4.79 Å². The van der Waals surface area contributed by atoms with Crippen LogP contribution in [0.5, 0.6) is 0 Å². The Balaban J connectivity index is 0.00000300. The summed E-state index contributed by atoms with van der Waals surface area (Å²) < 4.78 is 0. The normalized spacial score (nSPS) is 14.4. The summed E-state index contributed by atoms with van der Waals surface area (Å²) in [5.41, 5.74) is 5.16. The van der Waals surface area contributed by atoms with Crippen LogP contribution in [-0.4, -0.2) is 43.4 Å². The molecule has 1 unspecified atom stereocenters. The first-order valence-electron chi connectivity index (χ1n) is 9.92. The molecule has 3 rings (SSSR count). The SMILES string of the molecule is CN=C(NCC(=O)N1CCc2ccccc2C1)NCC(C)c1cccc(C)c1.I. The Morgan fingerprint density at radius 2 is 1.90 bits per heavy atom. The highest BCUT2D eigenvalue weighted by molar-refractivity contribution is 14.0. The van der Waals surface area contributed by atoms with E-state index in [4.69, 9.17) is 0 Å². The highest BCUT2D eigenvalue weighted by Crippen LogP contribution is 2.18. The number of carbonyl (C=O) groups excluding carboxylic acids is 1. The number of halogens is 1. The number of aliphatic imine (C=N–C) groups is 1. The predicted octanol–water partition coefficient (Wildman–Crippen LogP) is 3.47. The van der Waals surface area contributed by atoms with Gasteiger partial charge >= 0.3 is 0 Å². The van der Waals surface area contributed by atoms with E-state index in [-0.39, 0.29) is 36.4 Å². The summed E-state index contributed by atoms with van der Waals surface area (Å²) in [6.07, 6.45) is 0.920. The summed E-state index contributed by atoms with van der Waals surface area (Å²) >= 11 is 0. The molecule has 2 aromatic rings. The summed E-state index contributed by atoms with van der Waals surface area (Å²) in [5, 5.41) is 6.49. The number of nitrogens with one attached hydrogen (secondary N) is 2. The van der Waals surface area contributed by atoms with Gasteiger partial charge in [0.25, 0.3) is 0 Å². The highest BCUT2D eigenvalue weighted by Gasteiger charge is 2.20. The first-order valence-corrected chi connectivity index (χ1v) is 9.92. The van der Waals surface area contributed by atoms with Crippen LogP contribution in [0.4, 0.5) is 0 Å². The average molecular weight is 506 g/mol. The molecule has 1 aliphatic heterocycles. The lowest BCUT2D eigenvalue weighted by Crippen LogP contribution is -2.46. The van der Waals surface area contributed by atoms with Gasteiger partial charge in [-0.15, -0.1) is 24.0 Å². The van der Waals surface area contributed by atoms with Gasteiger partial charge in [0.2, 0.25) is 5.91 Å². The van der Waals surface area contributed by atoms with E-state index >= 15 is 0 Å². The minimum Gasteiger partial charge on any atom is -0.356 e. The Bertz CT molecular complexity index is 852. The number of fused-ring (bicyclic) bond motifs is 1. The maximum absolute atomic E-state index is 12.6. The van der Waals surface area contributed by atoms with Crippen molar-refractivity contribution in [2.75, 3.05) is 26.7 Å². The van der Waals surface area contributed by atoms with E-state index in [1.54, 1.807) is 7.05 Å². The number of nitrogens with zero attached hydrogens (tertiary/aromatic N) is 2. The zero-order valence-electron chi connectivity index (χ0n) is 17.4. The van der Waals surface area contributed by atoms with E-state index in [1.165, 1.54) is 22.3 Å². The van der Waals surface area contributed by atoms with Crippen LogP contribution >= 0.6 is 24.0 Å². The molecule has 0 aromatic heterocycles. The van der Waals surface area contributed by atoms with Gasteiger partial charge in [-0.3, -0.25) is 9.79 Å². The number of hydrogen-bond acceptors (Lipinski definition) is 2. The maximum atomic E-state index is 12.6. The molecule has 0 radical (unpaired) electrons. The lowest BCUT2D eigenvalue weighted by atomic mass is 9.99. The molecule has 1 atom stereocenters. The molecule has 0 spiro atoms. The van der Waals surface area contributed by atoms with Crippen molar-refractivity contribution in [3.8, 4) is 0 Å². The van der Waals surface area contributed by atoms with Crippen LogP contribution in [-0.2, 0) is 17.8 Å². The third kappa shape index (κ3) is 6.45. The summed E-state index contributed by atoms with van der Waals surface area (Å²) in [7, 11) is 1.73. The molecule has 0 fully saturated rings. The molecule has 0 saturated heterocycles. The van der Waals surface area contributed by atoms with Crippen LogP contribution < -0.4 is 10.6 Å². The molecular weight excluding hydrogens is 475 g/mol. The number of carbonyl (C=O) groups is 1. The minimum atomic E-state index is 0. The van der Waals surface area contributed by atoms with Gasteiger partial charge in [0.15, 0.2) is 5.96 Å². The third-order valence-corrected chi connectivity index (χ3v) is 5.30. The van der Waals surface area contributed by atoms with Crippen molar-refractivity contribution in [2.45, 2.75) is 32.7 Å². The second-order valence-corrected chi connectivity index (χ2v) is 7.46. The van der Waals surface area contributed by atoms with Crippen LogP contribution in [0.15, 0.2) is 53.5 Å². The number of guanidine groups is 1. The lowest BCUT2D eigenvalue weighted by molar-refractivity contribution is -0.130. The van der Waals surface area contributed by atoms with Gasteiger partial charge in [0, 0.05) is 26.7 Å². The molecule has 1 amide bonds. The second-order valence-electron chi connectivity index (χ2n) is 7.46. The van der Waals surface area contributed by atoms with Crippen LogP contribution in [0, 0.1) is 6.92 Å². The number of rotatable bonds is 5. The average Bonchev–Trinajstić information content (AvgIpc) is 2.73. The van der Waals surface area contributed by atoms with Crippen molar-refractivity contribution in [1.29, 1.82) is 0 Å². The lowest BCUT2D eigenvalue weighted by Gasteiger charge is -2.29. The zero-order valence-corrected chi connectivity index (χ0v) is 19.8. The fourth-order valence-electron chi connectivity index (χ4n) is 3.54. The van der Waals surface area contributed by atoms with Gasteiger partial charge in [-0.05, 0) is 36.0 Å². The van der Waals surface area contributed by atoms with Gasteiger partial charge in [0.05, 0.1) is 6.54 Å². The van der Waals surface area contributed by atoms with Crippen molar-refractivity contribution in [3.05, 3.63) is 70.8 Å². The Morgan fingerprint density at radius 1 is 1.14 bits per heavy atom. The van der Waals surface area contributed by atoms with Gasteiger partial charge in [-0.2, -0.15) is 0 Å². The topological polar surface area (TPSA) is 56.7 Å². The summed E-state index contributed by atoms with van der Waals surface area (Å²) in [4.78, 5) is 18.8. The van der Waals surface area contributed by atoms with Crippen molar-refractivity contribution in [2.24, 2.45) is 4.99 Å². The third-order valence-electron chi connectivity index (χ3n) is 5.30. The fourth-order valence-corrected chi connectivity index (χ4v) is 3.54. The molecule has 0 bridgehead atoms. The van der Waals surface area contributed by atoms with Gasteiger partial charge in [-0.1, -0.05) is 61.0 Å². The Labute approximate surface area is 191 Å². The molecule has 0 saturated carbocycles. The second kappa shape index (κ2) is 11.2. The largest absolute Gasteiger partial charge is 0.356 e. The molecule has 6 heteroatoms. The smallest absolute Gasteiger partial charge is 0.242 e. The number of hydrogen-bond donors (Lipinski definition) is 2. The van der Waals surface area contributed by atoms with Crippen LogP contribution in [0.25, 0.3) is 0 Å². The molecule has 1 aliphatic rings. The van der Waals surface area contributed by atoms with Crippen molar-refractivity contribution in [1.82, 2.24) is 15.5 Å². The quantitative estimate of drug-likeness (QED) is 0.371. The molecular formula is C23H31IN4O. The Hall–Kier alpha value is -2.09. The van der Waals surface area contributed by atoms with E-state index in [1.807, 2.05) is 11.0 Å². The van der Waals surface area contributed by atoms with Gasteiger partial charge < -0.3 is 15.5 Å². The Morgan fingerprint density at radius 3 is 2.62 bits per heavy atom. The van der Waals surface area contributed by atoms with Crippen molar-refractivity contribution >= 4 is 35.8 Å². The van der Waals surface area contributed by atoms with E-state index in [0.29, 0.717) is 18.4 Å². The number of amides is 1. The van der Waals surface area contributed by atoms with Crippen LogP contribution in [0.3, 0.4) is 0 Å². The highest BCUT2D eigenvalue weighted by atomic mass is 127. The molecule has 156 valence electrons. The molecule has 2 aromatic carbocycles. The first kappa shape index (κ1) is 23.2. The fraction of sp³-hybridized carbons (Fsp3) is 0.391. The van der Waals surface area contributed by atoms with E-state index in [0.717, 1.165) is 19.5 Å². The van der Waals surface area contributed by atoms with E-state index in [2.05, 4.69) is 71.9 Å². The van der Waals surface area contributed by atoms with Gasteiger partial charge in [0.1, 0.15) is 0 Å². The van der Waals surface area contributed by atoms with Crippen molar-refractivity contribution in [3.63, 3.8) is 0 Å². The summed E-state index contributed by atoms with van der Waals surface area (Å²) in [6.45, 7) is 6.76. The molecule has 0 aliphatic carbocycles. The standard InChI is InChI=1S/C23H30N4O.HI/c1-17-7-6-10-20(13-17)18(2)14-25-23(24-3)26-15-22(28)27-12-11-19-8-4-5-9-21(19)16-27;/h4-10,13,18H,11-12,14-16H2,1-3H3,(H2,24,25,26);1H. The molecule has 5 nitrogen and oxygen atoms in total. The minimum absolute atomic E-state index is 0.